The van der Waals surface area contributed by atoms with E-state index in [-0.39, 0.29) is 30.8 Å². The van der Waals surface area contributed by atoms with Gasteiger partial charge in [-0.05, 0) is 0 Å². The smallest absolute Gasteiger partial charge is 0.355 e. The van der Waals surface area contributed by atoms with E-state index in [1.165, 1.54) is 17.4 Å². The largest absolute Gasteiger partial charge is 0.476 e. The molecule has 0 aliphatic rings. The highest BCUT2D eigenvalue weighted by molar-refractivity contribution is 7.09. The number of nitrogens with one attached hydrogen (secondary N) is 1. The molecule has 0 bridgehead atoms. The van der Waals surface area contributed by atoms with Crippen LogP contribution in [0.4, 0.5) is 4.79 Å². The zero-order chi connectivity index (χ0) is 16.0. The monoisotopic (exact) mass is 315 g/mol. The quantitative estimate of drug-likeness (QED) is 0.751. The lowest BCUT2D eigenvalue weighted by molar-refractivity contribution is -0.145. The molecule has 0 aliphatic heterocycles. The van der Waals surface area contributed by atoms with Gasteiger partial charge in [0, 0.05) is 19.0 Å². The average Bonchev–Trinajstić information content (AvgIpc) is 2.92. The summed E-state index contributed by atoms with van der Waals surface area (Å²) in [6.45, 7) is 2.01. The molecule has 0 saturated heterocycles. The summed E-state index contributed by atoms with van der Waals surface area (Å²) >= 11 is 1.15. The number of carboxylic acids is 1. The maximum Gasteiger partial charge on any atom is 0.355 e. The zero-order valence-electron chi connectivity index (χ0n) is 12.0. The second kappa shape index (κ2) is 7.58. The van der Waals surface area contributed by atoms with Gasteiger partial charge in [0.25, 0.3) is 0 Å². The van der Waals surface area contributed by atoms with Crippen molar-refractivity contribution in [1.82, 2.24) is 15.2 Å². The van der Waals surface area contributed by atoms with E-state index in [2.05, 4.69) is 15.0 Å². The number of thiazole rings is 1. The Balaban J connectivity index is 2.45. The van der Waals surface area contributed by atoms with E-state index >= 15 is 0 Å². The van der Waals surface area contributed by atoms with Crippen LogP contribution < -0.4 is 5.32 Å². The first-order chi connectivity index (χ1) is 9.85. The number of carbonyl (C=O) groups is 3. The Morgan fingerprint density at radius 1 is 1.52 bits per heavy atom. The summed E-state index contributed by atoms with van der Waals surface area (Å²) in [6, 6.07) is -0.377. The molecule has 1 aromatic rings. The number of rotatable bonds is 6. The van der Waals surface area contributed by atoms with Crippen molar-refractivity contribution < 1.29 is 24.2 Å². The minimum absolute atomic E-state index is 0.0445. The van der Waals surface area contributed by atoms with Gasteiger partial charge in [-0.2, -0.15) is 0 Å². The van der Waals surface area contributed by atoms with Crippen molar-refractivity contribution in [3.05, 3.63) is 16.1 Å². The van der Waals surface area contributed by atoms with E-state index < -0.39 is 11.9 Å². The van der Waals surface area contributed by atoms with Gasteiger partial charge in [-0.3, -0.25) is 4.79 Å². The molecule has 1 rings (SSSR count). The van der Waals surface area contributed by atoms with Crippen molar-refractivity contribution in [2.75, 3.05) is 20.7 Å². The Kier molecular flexibility index (Phi) is 6.10. The lowest BCUT2D eigenvalue weighted by Gasteiger charge is -2.20. The number of ether oxygens (including phenoxy) is 1. The minimum Gasteiger partial charge on any atom is -0.476 e. The normalized spacial score (nSPS) is 11.6. The maximum absolute atomic E-state index is 11.8. The molecule has 2 N–H and O–H groups in total. The molecule has 0 fully saturated rings. The van der Waals surface area contributed by atoms with Crippen LogP contribution in [0.25, 0.3) is 0 Å². The van der Waals surface area contributed by atoms with Crippen LogP contribution in [-0.4, -0.2) is 53.7 Å². The third-order valence-corrected chi connectivity index (χ3v) is 3.51. The van der Waals surface area contributed by atoms with Crippen LogP contribution >= 0.6 is 11.3 Å². The SMILES string of the molecule is COC(=O)C(C)CN(C)C(=O)NCc1nc(C(=O)O)cs1. The van der Waals surface area contributed by atoms with Crippen molar-refractivity contribution in [2.45, 2.75) is 13.5 Å². The highest BCUT2D eigenvalue weighted by atomic mass is 32.1. The Morgan fingerprint density at radius 2 is 2.19 bits per heavy atom. The van der Waals surface area contributed by atoms with Gasteiger partial charge < -0.3 is 20.1 Å². The van der Waals surface area contributed by atoms with Crippen LogP contribution in [0.5, 0.6) is 0 Å². The summed E-state index contributed by atoms with van der Waals surface area (Å²) < 4.78 is 4.59. The van der Waals surface area contributed by atoms with E-state index in [1.54, 1.807) is 14.0 Å². The fraction of sp³-hybridized carbons (Fsp3) is 0.500. The molecule has 116 valence electrons. The summed E-state index contributed by atoms with van der Waals surface area (Å²) in [5, 5.41) is 13.3. The lowest BCUT2D eigenvalue weighted by Crippen LogP contribution is -2.40. The van der Waals surface area contributed by atoms with Crippen LogP contribution in [0.2, 0.25) is 0 Å². The third-order valence-electron chi connectivity index (χ3n) is 2.66. The summed E-state index contributed by atoms with van der Waals surface area (Å²) in [7, 11) is 2.85. The predicted molar refractivity (Wildman–Crippen MR) is 75.1 cm³/mol. The van der Waals surface area contributed by atoms with Crippen LogP contribution in [0.3, 0.4) is 0 Å². The standard InChI is InChI=1S/C12H17N3O5S/c1-7(11(18)20-3)5-15(2)12(19)13-4-9-14-8(6-21-9)10(16)17/h6-7H,4-5H2,1-3H3,(H,13,19)(H,16,17). The predicted octanol–water partition coefficient (Wildman–Crippen LogP) is 0.792. The molecule has 0 aromatic carbocycles. The van der Waals surface area contributed by atoms with Gasteiger partial charge >= 0.3 is 18.0 Å². The molecule has 0 spiro atoms. The topological polar surface area (TPSA) is 109 Å². The van der Waals surface area contributed by atoms with Gasteiger partial charge in [-0.15, -0.1) is 11.3 Å². The van der Waals surface area contributed by atoms with Crippen LogP contribution in [-0.2, 0) is 16.1 Å². The van der Waals surface area contributed by atoms with E-state index in [0.29, 0.717) is 5.01 Å². The number of amides is 2. The fourth-order valence-corrected chi connectivity index (χ4v) is 2.25. The highest BCUT2D eigenvalue weighted by Gasteiger charge is 2.18. The summed E-state index contributed by atoms with van der Waals surface area (Å²) in [5.41, 5.74) is -0.0445. The van der Waals surface area contributed by atoms with Crippen molar-refractivity contribution in [3.63, 3.8) is 0 Å². The van der Waals surface area contributed by atoms with Crippen molar-refractivity contribution >= 4 is 29.3 Å². The van der Waals surface area contributed by atoms with Gasteiger partial charge in [0.2, 0.25) is 0 Å². The zero-order valence-corrected chi connectivity index (χ0v) is 12.8. The molecule has 21 heavy (non-hydrogen) atoms. The molecule has 0 aliphatic carbocycles. The first-order valence-corrected chi connectivity index (χ1v) is 6.97. The first-order valence-electron chi connectivity index (χ1n) is 6.09. The van der Waals surface area contributed by atoms with E-state index in [4.69, 9.17) is 5.11 Å². The van der Waals surface area contributed by atoms with Crippen LogP contribution in [0.1, 0.15) is 22.4 Å². The lowest BCUT2D eigenvalue weighted by atomic mass is 10.2. The van der Waals surface area contributed by atoms with Crippen molar-refractivity contribution in [3.8, 4) is 0 Å². The second-order valence-corrected chi connectivity index (χ2v) is 5.34. The first kappa shape index (κ1) is 16.9. The number of methoxy groups -OCH3 is 1. The number of esters is 1. The molecule has 0 radical (unpaired) electrons. The molecule has 1 heterocycles. The van der Waals surface area contributed by atoms with Crippen molar-refractivity contribution in [2.24, 2.45) is 5.92 Å². The molecular weight excluding hydrogens is 298 g/mol. The number of hydrogen-bond acceptors (Lipinski definition) is 6. The summed E-state index contributed by atoms with van der Waals surface area (Å²) in [6.07, 6.45) is 0. The number of carbonyl (C=O) groups excluding carboxylic acids is 2. The highest BCUT2D eigenvalue weighted by Crippen LogP contribution is 2.09. The van der Waals surface area contributed by atoms with Crippen LogP contribution in [0, 0.1) is 5.92 Å². The molecule has 8 nitrogen and oxygen atoms in total. The van der Waals surface area contributed by atoms with Gasteiger partial charge in [0.15, 0.2) is 5.69 Å². The Bertz CT molecular complexity index is 531. The number of aromatic nitrogens is 1. The number of urea groups is 1. The van der Waals surface area contributed by atoms with Crippen molar-refractivity contribution in [1.29, 1.82) is 0 Å². The molecule has 1 aromatic heterocycles. The fourth-order valence-electron chi connectivity index (χ4n) is 1.55. The molecule has 9 heteroatoms. The number of aromatic carboxylic acids is 1. The van der Waals surface area contributed by atoms with E-state index in [9.17, 15) is 14.4 Å². The Morgan fingerprint density at radius 3 is 2.71 bits per heavy atom. The molecule has 0 saturated carbocycles. The van der Waals surface area contributed by atoms with E-state index in [1.807, 2.05) is 0 Å². The summed E-state index contributed by atoms with van der Waals surface area (Å²) in [5.74, 6) is -1.92. The Hall–Kier alpha value is -2.16. The molecule has 1 atom stereocenters. The van der Waals surface area contributed by atoms with Gasteiger partial charge in [0.1, 0.15) is 5.01 Å². The number of carboxylic acid groups (broad SMARTS) is 1. The van der Waals surface area contributed by atoms with Crippen LogP contribution in [0.15, 0.2) is 5.38 Å². The van der Waals surface area contributed by atoms with E-state index in [0.717, 1.165) is 11.3 Å². The van der Waals surface area contributed by atoms with Gasteiger partial charge in [-0.25, -0.2) is 14.6 Å². The maximum atomic E-state index is 11.8. The molecule has 1 unspecified atom stereocenters. The molecular formula is C12H17N3O5S. The summed E-state index contributed by atoms with van der Waals surface area (Å²) in [4.78, 5) is 39.0. The van der Waals surface area contributed by atoms with Gasteiger partial charge in [0.05, 0.1) is 19.6 Å². The second-order valence-electron chi connectivity index (χ2n) is 4.40. The third kappa shape index (κ3) is 5.03. The Labute approximate surface area is 125 Å². The average molecular weight is 315 g/mol. The minimum atomic E-state index is -1.10. The van der Waals surface area contributed by atoms with Gasteiger partial charge in [-0.1, -0.05) is 6.92 Å². The number of nitrogens with zero attached hydrogens (tertiary/aromatic N) is 2. The number of hydrogen-bond donors (Lipinski definition) is 2. The molecule has 2 amide bonds.